The van der Waals surface area contributed by atoms with Crippen LogP contribution in [0.25, 0.3) is 0 Å². The van der Waals surface area contributed by atoms with Crippen molar-refractivity contribution in [3.8, 4) is 0 Å². The minimum absolute atomic E-state index is 0.00162. The van der Waals surface area contributed by atoms with Gasteiger partial charge in [0.2, 0.25) is 5.91 Å². The average molecular weight is 269 g/mol. The molecule has 19 heavy (non-hydrogen) atoms. The molecule has 0 aromatic rings. The first-order valence-corrected chi connectivity index (χ1v) is 7.40. The van der Waals surface area contributed by atoms with Gasteiger partial charge in [0, 0.05) is 12.0 Å². The molecule has 1 rings (SSSR count). The van der Waals surface area contributed by atoms with Crippen molar-refractivity contribution in [3.63, 3.8) is 0 Å². The number of carbonyl (C=O) groups is 2. The third-order valence-electron chi connectivity index (χ3n) is 4.46. The molecule has 0 saturated heterocycles. The normalized spacial score (nSPS) is 18.3. The largest absolute Gasteiger partial charge is 0.481 e. The molecule has 0 aromatic carbocycles. The Labute approximate surface area is 116 Å². The van der Waals surface area contributed by atoms with E-state index in [0.717, 1.165) is 19.3 Å². The number of amides is 1. The summed E-state index contributed by atoms with van der Waals surface area (Å²) in [5.41, 5.74) is -0.383. The molecule has 1 aliphatic carbocycles. The molecule has 1 fully saturated rings. The lowest BCUT2D eigenvalue weighted by Crippen LogP contribution is -2.44. The third-order valence-corrected chi connectivity index (χ3v) is 4.46. The van der Waals surface area contributed by atoms with Crippen LogP contribution in [0.1, 0.15) is 59.3 Å². The summed E-state index contributed by atoms with van der Waals surface area (Å²) in [6.45, 7) is 6.17. The zero-order chi connectivity index (χ0) is 14.5. The van der Waals surface area contributed by atoms with Crippen molar-refractivity contribution in [1.82, 2.24) is 5.32 Å². The Morgan fingerprint density at radius 3 is 2.37 bits per heavy atom. The first-order chi connectivity index (χ1) is 8.89. The standard InChI is InChI=1S/C15H27NO3/c1-4-7-11(13(17)18)10-16-14(19)15(2,3)12-8-5-6-9-12/h11-12H,4-10H2,1-3H3,(H,16,19)(H,17,18). The molecule has 2 N–H and O–H groups in total. The molecule has 0 spiro atoms. The van der Waals surface area contributed by atoms with Crippen molar-refractivity contribution in [1.29, 1.82) is 0 Å². The van der Waals surface area contributed by atoms with Crippen LogP contribution in [0.4, 0.5) is 0 Å². The second-order valence-corrected chi connectivity index (χ2v) is 6.24. The molecule has 4 heteroatoms. The van der Waals surface area contributed by atoms with E-state index in [-0.39, 0.29) is 17.9 Å². The van der Waals surface area contributed by atoms with Gasteiger partial charge in [-0.05, 0) is 25.2 Å². The lowest BCUT2D eigenvalue weighted by Gasteiger charge is -2.30. The zero-order valence-corrected chi connectivity index (χ0v) is 12.4. The first kappa shape index (κ1) is 16.0. The molecular weight excluding hydrogens is 242 g/mol. The van der Waals surface area contributed by atoms with Gasteiger partial charge in [-0.3, -0.25) is 9.59 Å². The van der Waals surface area contributed by atoms with E-state index in [9.17, 15) is 9.59 Å². The smallest absolute Gasteiger partial charge is 0.308 e. The molecule has 0 aliphatic heterocycles. The topological polar surface area (TPSA) is 66.4 Å². The van der Waals surface area contributed by atoms with Crippen molar-refractivity contribution in [3.05, 3.63) is 0 Å². The Kier molecular flexibility index (Phi) is 5.83. The SMILES string of the molecule is CCCC(CNC(=O)C(C)(C)C1CCCC1)C(=O)O. The van der Waals surface area contributed by atoms with Gasteiger partial charge in [0.1, 0.15) is 0 Å². The van der Waals surface area contributed by atoms with Crippen molar-refractivity contribution in [2.75, 3.05) is 6.54 Å². The van der Waals surface area contributed by atoms with Crippen molar-refractivity contribution >= 4 is 11.9 Å². The fraction of sp³-hybridized carbons (Fsp3) is 0.867. The van der Waals surface area contributed by atoms with E-state index in [4.69, 9.17) is 5.11 Å². The molecule has 0 bridgehead atoms. The van der Waals surface area contributed by atoms with Crippen molar-refractivity contribution < 1.29 is 14.7 Å². The van der Waals surface area contributed by atoms with E-state index in [0.29, 0.717) is 12.3 Å². The number of carbonyl (C=O) groups excluding carboxylic acids is 1. The van der Waals surface area contributed by atoms with Crippen molar-refractivity contribution in [2.45, 2.75) is 59.3 Å². The lowest BCUT2D eigenvalue weighted by molar-refractivity contribution is -0.142. The Morgan fingerprint density at radius 2 is 1.89 bits per heavy atom. The first-order valence-electron chi connectivity index (χ1n) is 7.40. The Hall–Kier alpha value is -1.06. The fourth-order valence-corrected chi connectivity index (χ4v) is 2.94. The van der Waals surface area contributed by atoms with E-state index >= 15 is 0 Å². The van der Waals surface area contributed by atoms with Crippen LogP contribution in [0.3, 0.4) is 0 Å². The molecule has 1 saturated carbocycles. The molecule has 0 heterocycles. The average Bonchev–Trinajstić information content (AvgIpc) is 2.87. The highest BCUT2D eigenvalue weighted by Gasteiger charge is 2.38. The Morgan fingerprint density at radius 1 is 1.32 bits per heavy atom. The van der Waals surface area contributed by atoms with Gasteiger partial charge in [0.15, 0.2) is 0 Å². The van der Waals surface area contributed by atoms with Crippen LogP contribution < -0.4 is 5.32 Å². The highest BCUT2D eigenvalue weighted by atomic mass is 16.4. The van der Waals surface area contributed by atoms with Gasteiger partial charge >= 0.3 is 5.97 Å². The molecule has 0 aromatic heterocycles. The number of carboxylic acids is 1. The fourth-order valence-electron chi connectivity index (χ4n) is 2.94. The molecular formula is C15H27NO3. The summed E-state index contributed by atoms with van der Waals surface area (Å²) in [4.78, 5) is 23.3. The minimum Gasteiger partial charge on any atom is -0.481 e. The Bertz CT molecular complexity index is 319. The lowest BCUT2D eigenvalue weighted by atomic mass is 9.77. The van der Waals surface area contributed by atoms with E-state index in [1.165, 1.54) is 12.8 Å². The maximum Gasteiger partial charge on any atom is 0.308 e. The molecule has 1 atom stereocenters. The maximum atomic E-state index is 12.3. The van der Waals surface area contributed by atoms with Crippen LogP contribution in [-0.2, 0) is 9.59 Å². The van der Waals surface area contributed by atoms with E-state index in [1.807, 2.05) is 20.8 Å². The summed E-state index contributed by atoms with van der Waals surface area (Å²) < 4.78 is 0. The van der Waals surface area contributed by atoms with Gasteiger partial charge in [-0.1, -0.05) is 40.0 Å². The third kappa shape index (κ3) is 4.22. The molecule has 110 valence electrons. The number of hydrogen-bond acceptors (Lipinski definition) is 2. The van der Waals surface area contributed by atoms with Gasteiger partial charge in [-0.15, -0.1) is 0 Å². The van der Waals surface area contributed by atoms with Crippen LogP contribution in [0.5, 0.6) is 0 Å². The predicted octanol–water partition coefficient (Wildman–Crippen LogP) is 2.82. The second-order valence-electron chi connectivity index (χ2n) is 6.24. The van der Waals surface area contributed by atoms with E-state index in [2.05, 4.69) is 5.32 Å². The zero-order valence-electron chi connectivity index (χ0n) is 12.4. The van der Waals surface area contributed by atoms with Gasteiger partial charge in [0.05, 0.1) is 5.92 Å². The molecule has 4 nitrogen and oxygen atoms in total. The maximum absolute atomic E-state index is 12.3. The van der Waals surface area contributed by atoms with Crippen LogP contribution in [0.15, 0.2) is 0 Å². The van der Waals surface area contributed by atoms with Crippen LogP contribution >= 0.6 is 0 Å². The summed E-state index contributed by atoms with van der Waals surface area (Å²) in [5, 5.41) is 11.9. The monoisotopic (exact) mass is 269 g/mol. The van der Waals surface area contributed by atoms with E-state index in [1.54, 1.807) is 0 Å². The quantitative estimate of drug-likeness (QED) is 0.747. The highest BCUT2D eigenvalue weighted by molar-refractivity contribution is 5.82. The number of rotatable bonds is 7. The molecule has 1 amide bonds. The van der Waals surface area contributed by atoms with Crippen LogP contribution in [0, 0.1) is 17.3 Å². The molecule has 1 unspecified atom stereocenters. The summed E-state index contributed by atoms with van der Waals surface area (Å²) in [6, 6.07) is 0. The van der Waals surface area contributed by atoms with Crippen LogP contribution in [-0.4, -0.2) is 23.5 Å². The summed E-state index contributed by atoms with van der Waals surface area (Å²) in [7, 11) is 0. The van der Waals surface area contributed by atoms with Crippen molar-refractivity contribution in [2.24, 2.45) is 17.3 Å². The second kappa shape index (κ2) is 6.92. The molecule has 0 radical (unpaired) electrons. The number of carboxylic acid groups (broad SMARTS) is 1. The summed E-state index contributed by atoms with van der Waals surface area (Å²) >= 11 is 0. The Balaban J connectivity index is 2.51. The van der Waals surface area contributed by atoms with Gasteiger partial charge in [-0.25, -0.2) is 0 Å². The van der Waals surface area contributed by atoms with Crippen LogP contribution in [0.2, 0.25) is 0 Å². The van der Waals surface area contributed by atoms with Gasteiger partial charge < -0.3 is 10.4 Å². The summed E-state index contributed by atoms with van der Waals surface area (Å²) in [6.07, 6.45) is 6.05. The highest BCUT2D eigenvalue weighted by Crippen LogP contribution is 2.39. The number of nitrogens with one attached hydrogen (secondary N) is 1. The predicted molar refractivity (Wildman–Crippen MR) is 74.8 cm³/mol. The summed E-state index contributed by atoms with van der Waals surface area (Å²) in [5.74, 6) is -0.849. The van der Waals surface area contributed by atoms with Gasteiger partial charge in [0.25, 0.3) is 0 Å². The van der Waals surface area contributed by atoms with E-state index < -0.39 is 11.9 Å². The minimum atomic E-state index is -0.819. The number of aliphatic carboxylic acids is 1. The number of hydrogen-bond donors (Lipinski definition) is 2. The van der Waals surface area contributed by atoms with Gasteiger partial charge in [-0.2, -0.15) is 0 Å². The molecule has 1 aliphatic rings.